The molecule has 3 rings (SSSR count). The molecular weight excluding hydrogens is 292 g/mol. The summed E-state index contributed by atoms with van der Waals surface area (Å²) in [6, 6.07) is 14.0. The fraction of sp³-hybridized carbons (Fsp3) is 0.0588. The largest absolute Gasteiger partial charge is 0.355 e. The first-order valence-electron chi connectivity index (χ1n) is 7.02. The number of carbonyl (C=O) groups is 2. The first kappa shape index (κ1) is 14.6. The van der Waals surface area contributed by atoms with Crippen LogP contribution in [0, 0.1) is 0 Å². The third-order valence-electron chi connectivity index (χ3n) is 3.29. The van der Waals surface area contributed by atoms with Gasteiger partial charge in [0.05, 0.1) is 17.2 Å². The lowest BCUT2D eigenvalue weighted by molar-refractivity contribution is 0.0961. The molecule has 0 aliphatic rings. The summed E-state index contributed by atoms with van der Waals surface area (Å²) < 4.78 is 0. The van der Waals surface area contributed by atoms with E-state index in [4.69, 9.17) is 0 Å². The summed E-state index contributed by atoms with van der Waals surface area (Å²) in [7, 11) is 1.55. The van der Waals surface area contributed by atoms with Crippen molar-refractivity contribution in [3.8, 4) is 0 Å². The molecule has 2 N–H and O–H groups in total. The minimum Gasteiger partial charge on any atom is -0.355 e. The molecule has 6 heteroatoms. The number of carbonyl (C=O) groups excluding carboxylic acids is 2. The van der Waals surface area contributed by atoms with Gasteiger partial charge in [0.1, 0.15) is 5.69 Å². The Morgan fingerprint density at radius 3 is 2.52 bits per heavy atom. The number of aromatic nitrogens is 2. The highest BCUT2D eigenvalue weighted by atomic mass is 16.2. The van der Waals surface area contributed by atoms with Gasteiger partial charge in [-0.05, 0) is 30.3 Å². The van der Waals surface area contributed by atoms with Gasteiger partial charge in [-0.3, -0.25) is 14.6 Å². The van der Waals surface area contributed by atoms with Crippen LogP contribution in [0.4, 0.5) is 5.69 Å². The van der Waals surface area contributed by atoms with Crippen LogP contribution in [0.15, 0.2) is 54.7 Å². The first-order chi connectivity index (χ1) is 11.2. The molecule has 0 unspecified atom stereocenters. The molecule has 0 aliphatic heterocycles. The summed E-state index contributed by atoms with van der Waals surface area (Å²) in [4.78, 5) is 32.4. The SMILES string of the molecule is CNC(=O)c1cccc(NC(=O)c2cnc3ccccc3n2)c1. The fourth-order valence-electron chi connectivity index (χ4n) is 2.14. The number of rotatable bonds is 3. The molecule has 0 saturated carbocycles. The molecule has 0 fully saturated rings. The number of benzene rings is 2. The molecule has 3 aromatic rings. The molecule has 0 spiro atoms. The minimum atomic E-state index is -0.377. The first-order valence-corrected chi connectivity index (χ1v) is 7.02. The van der Waals surface area contributed by atoms with E-state index in [9.17, 15) is 9.59 Å². The van der Waals surface area contributed by atoms with Crippen molar-refractivity contribution in [3.05, 3.63) is 66.0 Å². The standard InChI is InChI=1S/C17H14N4O2/c1-18-16(22)11-5-4-6-12(9-11)20-17(23)15-10-19-13-7-2-3-8-14(13)21-15/h2-10H,1H3,(H,18,22)(H,20,23). The molecule has 2 aromatic carbocycles. The number of anilines is 1. The zero-order valence-electron chi connectivity index (χ0n) is 12.4. The van der Waals surface area contributed by atoms with Gasteiger partial charge in [-0.2, -0.15) is 0 Å². The summed E-state index contributed by atoms with van der Waals surface area (Å²) in [5, 5.41) is 5.26. The molecule has 6 nitrogen and oxygen atoms in total. The lowest BCUT2D eigenvalue weighted by Crippen LogP contribution is -2.18. The predicted octanol–water partition coefficient (Wildman–Crippen LogP) is 2.24. The highest BCUT2D eigenvalue weighted by Crippen LogP contribution is 2.13. The predicted molar refractivity (Wildman–Crippen MR) is 87.3 cm³/mol. The Bertz CT molecular complexity index is 892. The highest BCUT2D eigenvalue weighted by Gasteiger charge is 2.11. The van der Waals surface area contributed by atoms with Crippen molar-refractivity contribution in [2.45, 2.75) is 0 Å². The molecule has 0 atom stereocenters. The summed E-state index contributed by atoms with van der Waals surface area (Å²) in [6.07, 6.45) is 1.43. The van der Waals surface area contributed by atoms with E-state index in [0.717, 1.165) is 5.52 Å². The number of fused-ring (bicyclic) bond motifs is 1. The second-order valence-corrected chi connectivity index (χ2v) is 4.86. The maximum absolute atomic E-state index is 12.3. The van der Waals surface area contributed by atoms with Crippen LogP contribution >= 0.6 is 0 Å². The van der Waals surface area contributed by atoms with E-state index in [1.54, 1.807) is 37.4 Å². The highest BCUT2D eigenvalue weighted by molar-refractivity contribution is 6.04. The number of nitrogens with one attached hydrogen (secondary N) is 2. The topological polar surface area (TPSA) is 84.0 Å². The van der Waals surface area contributed by atoms with Crippen LogP contribution in [0.3, 0.4) is 0 Å². The minimum absolute atomic E-state index is 0.216. The van der Waals surface area contributed by atoms with Crippen LogP contribution in [-0.4, -0.2) is 28.8 Å². The molecule has 114 valence electrons. The van der Waals surface area contributed by atoms with E-state index in [-0.39, 0.29) is 17.5 Å². The van der Waals surface area contributed by atoms with Crippen LogP contribution in [-0.2, 0) is 0 Å². The van der Waals surface area contributed by atoms with Gasteiger partial charge in [0.15, 0.2) is 0 Å². The van der Waals surface area contributed by atoms with Crippen molar-refractivity contribution in [1.82, 2.24) is 15.3 Å². The zero-order chi connectivity index (χ0) is 16.2. The lowest BCUT2D eigenvalue weighted by atomic mass is 10.2. The second-order valence-electron chi connectivity index (χ2n) is 4.86. The van der Waals surface area contributed by atoms with E-state index in [1.807, 2.05) is 18.2 Å². The van der Waals surface area contributed by atoms with Crippen LogP contribution in [0.5, 0.6) is 0 Å². The van der Waals surface area contributed by atoms with Crippen LogP contribution in [0.2, 0.25) is 0 Å². The van der Waals surface area contributed by atoms with Crippen LogP contribution < -0.4 is 10.6 Å². The van der Waals surface area contributed by atoms with E-state index in [1.165, 1.54) is 6.20 Å². The van der Waals surface area contributed by atoms with E-state index in [2.05, 4.69) is 20.6 Å². The van der Waals surface area contributed by atoms with Crippen molar-refractivity contribution < 1.29 is 9.59 Å². The van der Waals surface area contributed by atoms with Gasteiger partial charge < -0.3 is 10.6 Å². The Labute approximate surface area is 132 Å². The fourth-order valence-corrected chi connectivity index (χ4v) is 2.14. The molecule has 0 saturated heterocycles. The van der Waals surface area contributed by atoms with Gasteiger partial charge in [0.2, 0.25) is 0 Å². The molecule has 1 aromatic heterocycles. The van der Waals surface area contributed by atoms with Gasteiger partial charge in [-0.15, -0.1) is 0 Å². The van der Waals surface area contributed by atoms with Crippen molar-refractivity contribution in [2.75, 3.05) is 12.4 Å². The normalized spacial score (nSPS) is 10.3. The molecule has 0 aliphatic carbocycles. The van der Waals surface area contributed by atoms with Gasteiger partial charge >= 0.3 is 0 Å². The average Bonchev–Trinajstić information content (AvgIpc) is 2.60. The number of amides is 2. The van der Waals surface area contributed by atoms with Crippen LogP contribution in [0.25, 0.3) is 11.0 Å². The third-order valence-corrected chi connectivity index (χ3v) is 3.29. The van der Waals surface area contributed by atoms with Crippen molar-refractivity contribution >= 4 is 28.5 Å². The van der Waals surface area contributed by atoms with Crippen molar-refractivity contribution in [3.63, 3.8) is 0 Å². The Morgan fingerprint density at radius 1 is 0.957 bits per heavy atom. The maximum atomic E-state index is 12.3. The number of para-hydroxylation sites is 2. The Morgan fingerprint density at radius 2 is 1.74 bits per heavy atom. The Kier molecular flexibility index (Phi) is 3.97. The average molecular weight is 306 g/mol. The zero-order valence-corrected chi connectivity index (χ0v) is 12.4. The summed E-state index contributed by atoms with van der Waals surface area (Å²) in [6.45, 7) is 0. The number of hydrogen-bond donors (Lipinski definition) is 2. The molecular formula is C17H14N4O2. The third kappa shape index (κ3) is 3.16. The molecule has 1 heterocycles. The van der Waals surface area contributed by atoms with E-state index < -0.39 is 0 Å². The van der Waals surface area contributed by atoms with Crippen LogP contribution in [0.1, 0.15) is 20.8 Å². The number of nitrogens with zero attached hydrogens (tertiary/aromatic N) is 2. The van der Waals surface area contributed by atoms with Gasteiger partial charge in [-0.25, -0.2) is 4.98 Å². The molecule has 23 heavy (non-hydrogen) atoms. The smallest absolute Gasteiger partial charge is 0.275 e. The molecule has 0 radical (unpaired) electrons. The quantitative estimate of drug-likeness (QED) is 0.777. The number of hydrogen-bond acceptors (Lipinski definition) is 4. The summed E-state index contributed by atoms with van der Waals surface area (Å²) in [5.41, 5.74) is 2.58. The van der Waals surface area contributed by atoms with Crippen molar-refractivity contribution in [1.29, 1.82) is 0 Å². The molecule has 2 amide bonds. The van der Waals surface area contributed by atoms with Crippen molar-refractivity contribution in [2.24, 2.45) is 0 Å². The van der Waals surface area contributed by atoms with Gasteiger partial charge in [0.25, 0.3) is 11.8 Å². The van der Waals surface area contributed by atoms with E-state index >= 15 is 0 Å². The Balaban J connectivity index is 1.84. The molecule has 0 bridgehead atoms. The Hall–Kier alpha value is -3.28. The van der Waals surface area contributed by atoms with Gasteiger partial charge in [-0.1, -0.05) is 18.2 Å². The van der Waals surface area contributed by atoms with Gasteiger partial charge in [0, 0.05) is 18.3 Å². The monoisotopic (exact) mass is 306 g/mol. The van der Waals surface area contributed by atoms with E-state index in [0.29, 0.717) is 16.8 Å². The summed E-state index contributed by atoms with van der Waals surface area (Å²) in [5.74, 6) is -0.594. The summed E-state index contributed by atoms with van der Waals surface area (Å²) >= 11 is 0. The second kappa shape index (κ2) is 6.23. The lowest BCUT2D eigenvalue weighted by Gasteiger charge is -2.07. The maximum Gasteiger partial charge on any atom is 0.275 e.